The topological polar surface area (TPSA) is 108 Å². The number of aromatic amines is 1. The van der Waals surface area contributed by atoms with Crippen LogP contribution in [0.3, 0.4) is 0 Å². The van der Waals surface area contributed by atoms with Gasteiger partial charge in [0.1, 0.15) is 11.6 Å². The Balaban J connectivity index is 0.000000178. The van der Waals surface area contributed by atoms with E-state index < -0.39 is 70.9 Å². The maximum absolute atomic E-state index is 13.9. The molecule has 2 aliphatic heterocycles. The summed E-state index contributed by atoms with van der Waals surface area (Å²) >= 11 is 0. The Morgan fingerprint density at radius 2 is 1.08 bits per heavy atom. The first-order chi connectivity index (χ1) is 23.6. The fraction of sp³-hybridized carbons (Fsp3) is 0.405. The minimum Gasteiger partial charge on any atom is -0.359 e. The molecule has 1 aromatic heterocycles. The predicted molar refractivity (Wildman–Crippen MR) is 180 cm³/mol. The van der Waals surface area contributed by atoms with Crippen LogP contribution in [0.15, 0.2) is 54.6 Å². The summed E-state index contributed by atoms with van der Waals surface area (Å²) in [5.74, 6) is -7.99. The highest BCUT2D eigenvalue weighted by molar-refractivity contribution is 5.84. The number of fused-ring (bicyclic) bond motifs is 1. The number of nitrogens with one attached hydrogen (secondary N) is 1. The summed E-state index contributed by atoms with van der Waals surface area (Å²) in [5, 5.41) is 1.29. The van der Waals surface area contributed by atoms with Crippen LogP contribution in [0.4, 0.5) is 26.3 Å². The highest BCUT2D eigenvalue weighted by Crippen LogP contribution is 2.37. The van der Waals surface area contributed by atoms with Gasteiger partial charge in [-0.25, -0.2) is 26.3 Å². The Morgan fingerprint density at radius 1 is 0.680 bits per heavy atom. The average Bonchev–Trinajstić information content (AvgIpc) is 3.47. The first-order valence-electron chi connectivity index (χ1n) is 16.6. The van der Waals surface area contributed by atoms with Crippen molar-refractivity contribution < 1.29 is 35.9 Å². The van der Waals surface area contributed by atoms with Gasteiger partial charge >= 0.3 is 0 Å². The summed E-state index contributed by atoms with van der Waals surface area (Å²) in [6.45, 7) is 9.78. The van der Waals surface area contributed by atoms with Crippen molar-refractivity contribution in [2.75, 3.05) is 13.1 Å². The second kappa shape index (κ2) is 16.1. The summed E-state index contributed by atoms with van der Waals surface area (Å²) in [7, 11) is 0. The molecular formula is C37H43F6N5O2. The van der Waals surface area contributed by atoms with Crippen molar-refractivity contribution in [1.82, 2.24) is 14.8 Å². The molecule has 2 aliphatic rings. The number of amides is 2. The van der Waals surface area contributed by atoms with Crippen molar-refractivity contribution in [3.05, 3.63) is 106 Å². The number of likely N-dealkylation sites (N-methyl/N-ethyl adjacent to an activating group) is 2. The number of carbonyl (C=O) groups excluding carboxylic acids is 2. The van der Waals surface area contributed by atoms with E-state index in [-0.39, 0.29) is 35.8 Å². The van der Waals surface area contributed by atoms with Gasteiger partial charge < -0.3 is 26.3 Å². The van der Waals surface area contributed by atoms with Crippen LogP contribution >= 0.6 is 0 Å². The van der Waals surface area contributed by atoms with Crippen LogP contribution in [-0.4, -0.2) is 63.9 Å². The fourth-order valence-electron chi connectivity index (χ4n) is 6.99. The number of halogens is 6. The molecule has 0 bridgehead atoms. The van der Waals surface area contributed by atoms with E-state index in [9.17, 15) is 35.9 Å². The van der Waals surface area contributed by atoms with Gasteiger partial charge in [0.2, 0.25) is 11.8 Å². The monoisotopic (exact) mass is 703 g/mol. The van der Waals surface area contributed by atoms with Gasteiger partial charge in [0, 0.05) is 59.3 Å². The Hall–Kier alpha value is -4.36. The molecule has 1 unspecified atom stereocenters. The molecule has 0 spiro atoms. The van der Waals surface area contributed by atoms with Gasteiger partial charge in [-0.05, 0) is 89.2 Å². The van der Waals surface area contributed by atoms with Crippen molar-refractivity contribution >= 4 is 22.7 Å². The molecule has 50 heavy (non-hydrogen) atoms. The van der Waals surface area contributed by atoms with E-state index in [0.717, 1.165) is 24.3 Å². The molecule has 0 saturated carbocycles. The summed E-state index contributed by atoms with van der Waals surface area (Å²) in [6.07, 6.45) is 0.210. The second-order valence-corrected chi connectivity index (χ2v) is 12.7. The lowest BCUT2D eigenvalue weighted by atomic mass is 9.81. The number of benzene rings is 3. The molecule has 270 valence electrons. The number of aromatic nitrogens is 1. The quantitative estimate of drug-likeness (QED) is 0.161. The number of hydrogen-bond donors (Lipinski definition) is 3. The van der Waals surface area contributed by atoms with Crippen molar-refractivity contribution in [3.63, 3.8) is 0 Å². The molecule has 7 nitrogen and oxygen atoms in total. The van der Waals surface area contributed by atoms with Crippen LogP contribution in [-0.2, 0) is 9.59 Å². The number of aryl methyl sites for hydroxylation is 1. The second-order valence-electron chi connectivity index (χ2n) is 12.7. The molecule has 0 aliphatic carbocycles. The van der Waals surface area contributed by atoms with Crippen LogP contribution in [0.5, 0.6) is 0 Å². The summed E-state index contributed by atoms with van der Waals surface area (Å²) in [6, 6.07) is 11.2. The molecule has 6 atom stereocenters. The third-order valence-corrected chi connectivity index (χ3v) is 9.61. The lowest BCUT2D eigenvalue weighted by Crippen LogP contribution is -2.55. The largest absolute Gasteiger partial charge is 0.359 e. The minimum atomic E-state index is -1.19. The van der Waals surface area contributed by atoms with Crippen LogP contribution in [0.1, 0.15) is 69.2 Å². The van der Waals surface area contributed by atoms with Gasteiger partial charge in [0.15, 0.2) is 23.3 Å². The van der Waals surface area contributed by atoms with Crippen LogP contribution < -0.4 is 11.5 Å². The molecule has 13 heteroatoms. The lowest BCUT2D eigenvalue weighted by Gasteiger charge is -2.41. The average molecular weight is 704 g/mol. The van der Waals surface area contributed by atoms with Crippen LogP contribution in [0.25, 0.3) is 10.9 Å². The van der Waals surface area contributed by atoms with Crippen molar-refractivity contribution in [1.29, 1.82) is 0 Å². The normalized spacial score (nSPS) is 23.7. The van der Waals surface area contributed by atoms with Crippen molar-refractivity contribution in [2.45, 2.75) is 83.5 Å². The Morgan fingerprint density at radius 3 is 1.48 bits per heavy atom. The highest BCUT2D eigenvalue weighted by atomic mass is 19.2. The molecular weight excluding hydrogens is 660 g/mol. The first kappa shape index (κ1) is 38.4. The van der Waals surface area contributed by atoms with Crippen LogP contribution in [0, 0.1) is 41.8 Å². The molecule has 0 radical (unpaired) electrons. The molecule has 3 heterocycles. The maximum Gasteiger partial charge on any atom is 0.239 e. The first-order valence-corrected chi connectivity index (χ1v) is 16.6. The van der Waals surface area contributed by atoms with E-state index in [1.165, 1.54) is 26.4 Å². The van der Waals surface area contributed by atoms with Gasteiger partial charge in [0.05, 0.1) is 12.1 Å². The van der Waals surface area contributed by atoms with E-state index in [4.69, 9.17) is 11.5 Å². The van der Waals surface area contributed by atoms with Gasteiger partial charge in [-0.15, -0.1) is 0 Å². The molecule has 4 aromatic rings. The van der Waals surface area contributed by atoms with Gasteiger partial charge in [0.25, 0.3) is 0 Å². The molecule has 6 rings (SSSR count). The van der Waals surface area contributed by atoms with E-state index in [0.29, 0.717) is 13.1 Å². The van der Waals surface area contributed by atoms with E-state index in [1.807, 2.05) is 6.07 Å². The molecule has 2 fully saturated rings. The predicted octanol–water partition coefficient (Wildman–Crippen LogP) is 6.79. The third kappa shape index (κ3) is 7.83. The lowest BCUT2D eigenvalue weighted by molar-refractivity contribution is -0.139. The summed E-state index contributed by atoms with van der Waals surface area (Å²) in [4.78, 5) is 30.0. The zero-order chi connectivity index (χ0) is 37.0. The minimum absolute atomic E-state index is 0.105. The van der Waals surface area contributed by atoms with Crippen LogP contribution in [0.2, 0.25) is 0 Å². The number of carbonyl (C=O) groups is 2. The standard InChI is InChI=1S/2C14H17F3N2O.C9H9N/c2*1-3-19-7(2)8(6-11(18)14(19)20)12-9(15)4-5-10(16)13(12)17;1-7-6-8-4-2-3-5-9(8)10-7/h2*4-5,7-8,11H,3,6,18H2,1-2H3;2-6,10H,1H3/t7-,8-,11?;7-,8-,11+;/m11./s1. The number of rotatable bonds is 4. The van der Waals surface area contributed by atoms with Gasteiger partial charge in [-0.3, -0.25) is 9.59 Å². The maximum atomic E-state index is 13.9. The molecule has 2 amide bonds. The van der Waals surface area contributed by atoms with Crippen molar-refractivity contribution in [2.24, 2.45) is 11.5 Å². The number of nitrogens with zero attached hydrogens (tertiary/aromatic N) is 2. The van der Waals surface area contributed by atoms with E-state index in [2.05, 4.69) is 36.2 Å². The molecule has 5 N–H and O–H groups in total. The smallest absolute Gasteiger partial charge is 0.239 e. The van der Waals surface area contributed by atoms with Crippen molar-refractivity contribution in [3.8, 4) is 0 Å². The zero-order valence-electron chi connectivity index (χ0n) is 28.6. The number of likely N-dealkylation sites (tertiary alicyclic amines) is 2. The SMILES string of the molecule is CCN1C(=O)C(N)C[C@@H](c2c(F)ccc(F)c2F)[C@H]1C.CCN1C(=O)[C@@H](N)C[C@@H](c2c(F)ccc(F)c2F)[C@H]1C.Cc1cc2ccccc2[nH]1. The summed E-state index contributed by atoms with van der Waals surface area (Å²) < 4.78 is 82.3. The van der Waals surface area contributed by atoms with E-state index >= 15 is 0 Å². The molecule has 3 aromatic carbocycles. The number of nitrogens with two attached hydrogens (primary N) is 2. The number of H-pyrrole nitrogens is 1. The van der Waals surface area contributed by atoms with Gasteiger partial charge in [-0.1, -0.05) is 18.2 Å². The Kier molecular flexibility index (Phi) is 12.4. The third-order valence-electron chi connectivity index (χ3n) is 9.61. The Labute approximate surface area is 287 Å². The van der Waals surface area contributed by atoms with Gasteiger partial charge in [-0.2, -0.15) is 0 Å². The highest BCUT2D eigenvalue weighted by Gasteiger charge is 2.41. The fourth-order valence-corrected chi connectivity index (χ4v) is 6.99. The zero-order valence-corrected chi connectivity index (χ0v) is 28.6. The number of para-hydroxylation sites is 1. The molecule has 2 saturated heterocycles. The number of hydrogen-bond acceptors (Lipinski definition) is 4. The van der Waals surface area contributed by atoms with E-state index in [1.54, 1.807) is 27.7 Å². The Bertz CT molecular complexity index is 1710. The number of piperidine rings is 2. The summed E-state index contributed by atoms with van der Waals surface area (Å²) in [5.41, 5.74) is 13.3.